The van der Waals surface area contributed by atoms with E-state index in [1.54, 1.807) is 0 Å². The Hall–Kier alpha value is -2.56. The fraction of sp³-hybridized carbons (Fsp3) is 0.474. The summed E-state index contributed by atoms with van der Waals surface area (Å²) in [6, 6.07) is 6.29. The minimum atomic E-state index is -4.74. The fourth-order valence-corrected chi connectivity index (χ4v) is 2.37. The summed E-state index contributed by atoms with van der Waals surface area (Å²) < 4.78 is 59.6. The summed E-state index contributed by atoms with van der Waals surface area (Å²) in [7, 11) is -4.74. The smallest absolute Gasteiger partial charge is 0.329 e. The quantitative estimate of drug-likeness (QED) is 0.267. The summed E-state index contributed by atoms with van der Waals surface area (Å²) in [6.07, 6.45) is 1.04. The molecule has 0 saturated carbocycles. The van der Waals surface area contributed by atoms with Crippen molar-refractivity contribution in [2.45, 2.75) is 0 Å². The van der Waals surface area contributed by atoms with E-state index in [-0.39, 0.29) is 38.6 Å². The summed E-state index contributed by atoms with van der Waals surface area (Å²) in [4.78, 5) is 10.2. The molecule has 0 spiro atoms. The van der Waals surface area contributed by atoms with E-state index in [4.69, 9.17) is 34.1 Å². The zero-order chi connectivity index (χ0) is 23.0. The van der Waals surface area contributed by atoms with Crippen molar-refractivity contribution in [1.29, 1.82) is 5.26 Å². The lowest BCUT2D eigenvalue weighted by atomic mass is 10.1. The van der Waals surface area contributed by atoms with Crippen LogP contribution in [0.2, 0.25) is 0 Å². The lowest BCUT2D eigenvalue weighted by molar-refractivity contribution is -0.142. The lowest BCUT2D eigenvalue weighted by Gasteiger charge is -2.09. The van der Waals surface area contributed by atoms with Gasteiger partial charge in [-0.15, -0.1) is 3.89 Å². The standard InChI is InChI=1S/C19H24FNO9S/c20-31(24,25)12-3-16-1-2-18(17(13-16)14-21)30-11-10-28-7-6-26-4-5-27-8-9-29-15-19(22)23/h1-3,12-13H,4-11,15H2,(H,22,23)/b12-3+. The predicted molar refractivity (Wildman–Crippen MR) is 107 cm³/mol. The third kappa shape index (κ3) is 14.1. The number of carboxylic acids is 1. The molecule has 0 bridgehead atoms. The summed E-state index contributed by atoms with van der Waals surface area (Å²) in [5, 5.41) is 17.9. The van der Waals surface area contributed by atoms with Gasteiger partial charge in [-0.2, -0.15) is 13.7 Å². The Morgan fingerprint density at radius 1 is 1.00 bits per heavy atom. The van der Waals surface area contributed by atoms with Gasteiger partial charge in [-0.3, -0.25) is 0 Å². The number of rotatable bonds is 17. The van der Waals surface area contributed by atoms with Crippen molar-refractivity contribution in [3.8, 4) is 11.8 Å². The first kappa shape index (κ1) is 26.5. The number of nitriles is 1. The van der Waals surface area contributed by atoms with E-state index in [2.05, 4.69) is 0 Å². The van der Waals surface area contributed by atoms with Gasteiger partial charge in [0.2, 0.25) is 0 Å². The first-order valence-electron chi connectivity index (χ1n) is 9.14. The van der Waals surface area contributed by atoms with Gasteiger partial charge in [0.1, 0.15) is 25.0 Å². The number of nitrogens with zero attached hydrogens (tertiary/aromatic N) is 1. The largest absolute Gasteiger partial charge is 0.490 e. The molecule has 1 N–H and O–H groups in total. The normalized spacial score (nSPS) is 11.5. The molecule has 10 nitrogen and oxygen atoms in total. The van der Waals surface area contributed by atoms with Gasteiger partial charge in [0.25, 0.3) is 0 Å². The Bertz CT molecular complexity index is 852. The maximum Gasteiger partial charge on any atom is 0.329 e. The van der Waals surface area contributed by atoms with Crippen LogP contribution < -0.4 is 4.74 Å². The van der Waals surface area contributed by atoms with Crippen LogP contribution in [-0.2, 0) is 34.0 Å². The second kappa shape index (κ2) is 15.3. The number of carboxylic acid groups (broad SMARTS) is 1. The summed E-state index contributed by atoms with van der Waals surface area (Å²) in [6.45, 7) is 1.94. The first-order chi connectivity index (χ1) is 14.8. The summed E-state index contributed by atoms with van der Waals surface area (Å²) in [5.41, 5.74) is 0.519. The Morgan fingerprint density at radius 3 is 2.06 bits per heavy atom. The molecule has 0 aliphatic heterocycles. The first-order valence-corrected chi connectivity index (χ1v) is 10.6. The zero-order valence-electron chi connectivity index (χ0n) is 16.7. The van der Waals surface area contributed by atoms with Gasteiger partial charge in [0.05, 0.1) is 57.2 Å². The molecule has 12 heteroatoms. The van der Waals surface area contributed by atoms with E-state index in [0.29, 0.717) is 43.1 Å². The number of aliphatic carboxylic acids is 1. The lowest BCUT2D eigenvalue weighted by Crippen LogP contribution is -2.15. The molecule has 0 saturated heterocycles. The number of halogens is 1. The molecule has 1 aromatic rings. The topological polar surface area (TPSA) is 141 Å². The third-order valence-corrected chi connectivity index (χ3v) is 3.84. The SMILES string of the molecule is N#Cc1cc(/C=C/S(=O)(=O)F)ccc1OCCOCCOCCOCCOCC(=O)O. The minimum Gasteiger partial charge on any atom is -0.490 e. The molecule has 1 rings (SSSR count). The van der Waals surface area contributed by atoms with Crippen molar-refractivity contribution < 1.29 is 45.9 Å². The molecule has 0 aromatic heterocycles. The Balaban J connectivity index is 2.11. The fourth-order valence-electron chi connectivity index (χ4n) is 2.05. The van der Waals surface area contributed by atoms with E-state index in [9.17, 15) is 17.1 Å². The molecule has 0 aliphatic rings. The highest BCUT2D eigenvalue weighted by atomic mass is 32.3. The third-order valence-electron chi connectivity index (χ3n) is 3.37. The maximum atomic E-state index is 12.5. The highest BCUT2D eigenvalue weighted by molar-refractivity contribution is 7.89. The van der Waals surface area contributed by atoms with Crippen LogP contribution in [0.4, 0.5) is 3.89 Å². The van der Waals surface area contributed by atoms with E-state index in [1.807, 2.05) is 6.07 Å². The highest BCUT2D eigenvalue weighted by Crippen LogP contribution is 2.20. The number of hydrogen-bond acceptors (Lipinski definition) is 9. The molecular weight excluding hydrogens is 437 g/mol. The number of benzene rings is 1. The summed E-state index contributed by atoms with van der Waals surface area (Å²) >= 11 is 0. The average molecular weight is 461 g/mol. The second-order valence-corrected chi connectivity index (χ2v) is 7.00. The van der Waals surface area contributed by atoms with E-state index >= 15 is 0 Å². The van der Waals surface area contributed by atoms with E-state index in [0.717, 1.165) is 6.08 Å². The Morgan fingerprint density at radius 2 is 1.55 bits per heavy atom. The molecular formula is C19H24FNO9S. The Kier molecular flexibility index (Phi) is 13.0. The van der Waals surface area contributed by atoms with Crippen molar-refractivity contribution in [3.05, 3.63) is 34.7 Å². The molecule has 0 radical (unpaired) electrons. The second-order valence-electron chi connectivity index (χ2n) is 5.78. The monoisotopic (exact) mass is 461 g/mol. The Labute approximate surface area is 179 Å². The van der Waals surface area contributed by atoms with Gasteiger partial charge in [-0.05, 0) is 23.8 Å². The minimum absolute atomic E-state index is 0.176. The summed E-state index contributed by atoms with van der Waals surface area (Å²) in [5.74, 6) is -0.730. The molecule has 172 valence electrons. The number of carbonyl (C=O) groups is 1. The van der Waals surface area contributed by atoms with Gasteiger partial charge >= 0.3 is 16.2 Å². The van der Waals surface area contributed by atoms with Crippen LogP contribution in [0.25, 0.3) is 6.08 Å². The van der Waals surface area contributed by atoms with Crippen molar-refractivity contribution in [1.82, 2.24) is 0 Å². The molecule has 0 fully saturated rings. The molecule has 1 aromatic carbocycles. The predicted octanol–water partition coefficient (Wildman–Crippen LogP) is 1.36. The van der Waals surface area contributed by atoms with Crippen LogP contribution in [0.15, 0.2) is 23.6 Å². The van der Waals surface area contributed by atoms with Crippen LogP contribution in [0.3, 0.4) is 0 Å². The van der Waals surface area contributed by atoms with Crippen LogP contribution in [-0.4, -0.2) is 79.0 Å². The van der Waals surface area contributed by atoms with Crippen molar-refractivity contribution in [2.75, 3.05) is 59.5 Å². The molecule has 31 heavy (non-hydrogen) atoms. The van der Waals surface area contributed by atoms with Crippen molar-refractivity contribution in [3.63, 3.8) is 0 Å². The molecule has 0 aliphatic carbocycles. The van der Waals surface area contributed by atoms with Crippen LogP contribution in [0.1, 0.15) is 11.1 Å². The van der Waals surface area contributed by atoms with Crippen molar-refractivity contribution in [2.24, 2.45) is 0 Å². The molecule has 0 unspecified atom stereocenters. The van der Waals surface area contributed by atoms with Gasteiger partial charge in [0.15, 0.2) is 0 Å². The van der Waals surface area contributed by atoms with E-state index in [1.165, 1.54) is 18.2 Å². The molecule has 0 heterocycles. The van der Waals surface area contributed by atoms with Crippen molar-refractivity contribution >= 4 is 22.3 Å². The van der Waals surface area contributed by atoms with Gasteiger partial charge in [0, 0.05) is 0 Å². The van der Waals surface area contributed by atoms with E-state index < -0.39 is 16.2 Å². The highest BCUT2D eigenvalue weighted by Gasteiger charge is 2.05. The van der Waals surface area contributed by atoms with Crippen LogP contribution in [0.5, 0.6) is 5.75 Å². The number of ether oxygens (including phenoxy) is 5. The number of hydrogen-bond donors (Lipinski definition) is 1. The average Bonchev–Trinajstić information content (AvgIpc) is 2.72. The van der Waals surface area contributed by atoms with Crippen LogP contribution >= 0.6 is 0 Å². The van der Waals surface area contributed by atoms with Gasteiger partial charge in [-0.1, -0.05) is 6.07 Å². The van der Waals surface area contributed by atoms with Gasteiger partial charge < -0.3 is 28.8 Å². The zero-order valence-corrected chi connectivity index (χ0v) is 17.5. The molecule has 0 amide bonds. The maximum absolute atomic E-state index is 12.5. The van der Waals surface area contributed by atoms with Crippen LogP contribution in [0, 0.1) is 11.3 Å². The molecule has 0 atom stereocenters. The van der Waals surface area contributed by atoms with Gasteiger partial charge in [-0.25, -0.2) is 4.79 Å².